The van der Waals surface area contributed by atoms with Crippen LogP contribution >= 0.6 is 0 Å². The first kappa shape index (κ1) is 14.5. The molecule has 0 bridgehead atoms. The third kappa shape index (κ3) is 2.70. The topological polar surface area (TPSA) is 83.9 Å². The quantitative estimate of drug-likeness (QED) is 0.450. The molecule has 0 aromatic heterocycles. The molecule has 3 N–H and O–H groups in total. The summed E-state index contributed by atoms with van der Waals surface area (Å²) in [4.78, 5) is 0. The van der Waals surface area contributed by atoms with Gasteiger partial charge in [0.25, 0.3) is 0 Å². The first-order valence-corrected chi connectivity index (χ1v) is 6.21. The molecule has 104 valence electrons. The van der Waals surface area contributed by atoms with E-state index in [9.17, 15) is 4.48 Å². The van der Waals surface area contributed by atoms with Crippen LogP contribution in [-0.4, -0.2) is 22.8 Å². The lowest BCUT2D eigenvalue weighted by Crippen LogP contribution is -2.19. The number of rotatable bonds is 0. The molecule has 0 amide bonds. The molecular formula is C16H13FN4. The van der Waals surface area contributed by atoms with E-state index >= 15 is 0 Å². The fourth-order valence-corrected chi connectivity index (χ4v) is 1.83. The van der Waals surface area contributed by atoms with Crippen LogP contribution < -0.4 is 0 Å². The summed E-state index contributed by atoms with van der Waals surface area (Å²) in [5, 5.41) is 26.0. The van der Waals surface area contributed by atoms with Crippen molar-refractivity contribution < 1.29 is 4.48 Å². The van der Waals surface area contributed by atoms with Gasteiger partial charge in [-0.15, -0.1) is 0 Å². The average Bonchev–Trinajstić information content (AvgIpc) is 2.47. The van der Waals surface area contributed by atoms with E-state index in [-0.39, 0.29) is 22.8 Å². The Labute approximate surface area is 121 Å². The number of allylic oxidation sites excluding steroid dienone is 8. The van der Waals surface area contributed by atoms with Gasteiger partial charge in [0.1, 0.15) is 5.71 Å². The van der Waals surface area contributed by atoms with Crippen LogP contribution in [0.25, 0.3) is 0 Å². The zero-order chi connectivity index (χ0) is 15.6. The van der Waals surface area contributed by atoms with Crippen LogP contribution in [0.4, 0.5) is 4.48 Å². The first-order valence-electron chi connectivity index (χ1n) is 6.21. The molecule has 0 saturated carbocycles. The van der Waals surface area contributed by atoms with Crippen LogP contribution in [-0.2, 0) is 0 Å². The lowest BCUT2D eigenvalue weighted by molar-refractivity contribution is 0.539. The Hall–Kier alpha value is -2.87. The summed E-state index contributed by atoms with van der Waals surface area (Å²) in [5.41, 5.74) is 2.06. The van der Waals surface area contributed by atoms with Gasteiger partial charge in [-0.3, -0.25) is 16.2 Å². The second kappa shape index (κ2) is 5.63. The summed E-state index contributed by atoms with van der Waals surface area (Å²) >= 11 is 0. The molecule has 2 aliphatic rings. The van der Waals surface area contributed by atoms with E-state index in [1.165, 1.54) is 0 Å². The SMILES string of the molecule is CC1=CC=C(C#CC2=CC=C(C)C(=N)/C2=N\F)C(=N)C1=N. The molecule has 0 aromatic carbocycles. The number of nitrogens with zero attached hydrogens (tertiary/aromatic N) is 1. The maximum atomic E-state index is 12.7. The summed E-state index contributed by atoms with van der Waals surface area (Å²) in [7, 11) is 0. The summed E-state index contributed by atoms with van der Waals surface area (Å²) < 4.78 is 12.7. The van der Waals surface area contributed by atoms with Gasteiger partial charge >= 0.3 is 0 Å². The van der Waals surface area contributed by atoms with Crippen molar-refractivity contribution >= 4 is 22.8 Å². The van der Waals surface area contributed by atoms with Gasteiger partial charge in [0, 0.05) is 0 Å². The van der Waals surface area contributed by atoms with Gasteiger partial charge < -0.3 is 0 Å². The van der Waals surface area contributed by atoms with E-state index in [4.69, 9.17) is 16.2 Å². The van der Waals surface area contributed by atoms with Crippen molar-refractivity contribution in [3.8, 4) is 11.8 Å². The van der Waals surface area contributed by atoms with Crippen LogP contribution in [0, 0.1) is 28.1 Å². The molecule has 0 aromatic rings. The maximum absolute atomic E-state index is 12.7. The molecule has 21 heavy (non-hydrogen) atoms. The van der Waals surface area contributed by atoms with Crippen molar-refractivity contribution in [3.63, 3.8) is 0 Å². The molecule has 0 fully saturated rings. The lowest BCUT2D eigenvalue weighted by Gasteiger charge is -2.11. The molecular weight excluding hydrogens is 267 g/mol. The Kier molecular flexibility index (Phi) is 3.90. The summed E-state index contributed by atoms with van der Waals surface area (Å²) in [6, 6.07) is 0. The van der Waals surface area contributed by atoms with Crippen molar-refractivity contribution in [2.45, 2.75) is 13.8 Å². The number of hydrogen-bond donors (Lipinski definition) is 3. The van der Waals surface area contributed by atoms with E-state index in [2.05, 4.69) is 17.1 Å². The summed E-state index contributed by atoms with van der Waals surface area (Å²) in [6.45, 7) is 3.45. The second-order valence-electron chi connectivity index (χ2n) is 4.67. The molecule has 5 heteroatoms. The maximum Gasteiger partial charge on any atom is 0.137 e. The Balaban J connectivity index is 2.38. The zero-order valence-corrected chi connectivity index (χ0v) is 11.6. The first-order chi connectivity index (χ1) is 9.95. The minimum atomic E-state index is -0.104. The third-order valence-electron chi connectivity index (χ3n) is 3.22. The molecule has 0 spiro atoms. The van der Waals surface area contributed by atoms with Crippen molar-refractivity contribution in [1.29, 1.82) is 16.2 Å². The predicted molar refractivity (Wildman–Crippen MR) is 83.2 cm³/mol. The monoisotopic (exact) mass is 280 g/mol. The fraction of sp³-hybridized carbons (Fsp3) is 0.125. The van der Waals surface area contributed by atoms with Crippen molar-refractivity contribution in [3.05, 3.63) is 46.6 Å². The third-order valence-corrected chi connectivity index (χ3v) is 3.22. The molecule has 0 aliphatic heterocycles. The largest absolute Gasteiger partial charge is 0.298 e. The lowest BCUT2D eigenvalue weighted by atomic mass is 9.93. The predicted octanol–water partition coefficient (Wildman–Crippen LogP) is 3.15. The fourth-order valence-electron chi connectivity index (χ4n) is 1.83. The Bertz CT molecular complexity index is 777. The van der Waals surface area contributed by atoms with E-state index < -0.39 is 0 Å². The Morgan fingerprint density at radius 1 is 0.810 bits per heavy atom. The number of hydrogen-bond acceptors (Lipinski definition) is 4. The second-order valence-corrected chi connectivity index (χ2v) is 4.67. The Morgan fingerprint density at radius 2 is 1.33 bits per heavy atom. The van der Waals surface area contributed by atoms with Crippen LogP contribution in [0.5, 0.6) is 0 Å². The highest BCUT2D eigenvalue weighted by Gasteiger charge is 2.18. The molecule has 2 rings (SSSR count). The van der Waals surface area contributed by atoms with Gasteiger partial charge in [0.05, 0.1) is 28.3 Å². The van der Waals surface area contributed by atoms with Crippen LogP contribution in [0.15, 0.2) is 51.8 Å². The van der Waals surface area contributed by atoms with Crippen molar-refractivity contribution in [2.75, 3.05) is 0 Å². The molecule has 0 saturated heterocycles. The molecule has 2 aliphatic carbocycles. The molecule has 0 heterocycles. The number of halogens is 1. The summed E-state index contributed by atoms with van der Waals surface area (Å²) in [5.74, 6) is 5.48. The van der Waals surface area contributed by atoms with Crippen LogP contribution in [0.2, 0.25) is 0 Å². The van der Waals surface area contributed by atoms with Crippen molar-refractivity contribution in [2.24, 2.45) is 5.21 Å². The molecule has 0 atom stereocenters. The van der Waals surface area contributed by atoms with Crippen LogP contribution in [0.3, 0.4) is 0 Å². The molecule has 4 nitrogen and oxygen atoms in total. The van der Waals surface area contributed by atoms with Crippen molar-refractivity contribution in [1.82, 2.24) is 0 Å². The number of nitrogens with one attached hydrogen (secondary N) is 3. The highest BCUT2D eigenvalue weighted by atomic mass is 19.2. The zero-order valence-electron chi connectivity index (χ0n) is 11.6. The molecule has 0 unspecified atom stereocenters. The van der Waals surface area contributed by atoms with E-state index in [0.717, 1.165) is 0 Å². The van der Waals surface area contributed by atoms with E-state index in [0.29, 0.717) is 22.3 Å². The average molecular weight is 280 g/mol. The van der Waals surface area contributed by atoms with Gasteiger partial charge in [0.15, 0.2) is 0 Å². The Morgan fingerprint density at radius 3 is 1.95 bits per heavy atom. The highest BCUT2D eigenvalue weighted by Crippen LogP contribution is 2.15. The summed E-state index contributed by atoms with van der Waals surface area (Å²) in [6.07, 6.45) is 6.65. The highest BCUT2D eigenvalue weighted by molar-refractivity contribution is 6.54. The van der Waals surface area contributed by atoms with Gasteiger partial charge in [-0.25, -0.2) is 0 Å². The van der Waals surface area contributed by atoms with Crippen LogP contribution in [0.1, 0.15) is 13.8 Å². The van der Waals surface area contributed by atoms with Gasteiger partial charge in [-0.05, 0) is 37.1 Å². The smallest absolute Gasteiger partial charge is 0.137 e. The van der Waals surface area contributed by atoms with E-state index in [1.54, 1.807) is 38.2 Å². The van der Waals surface area contributed by atoms with Gasteiger partial charge in [0.2, 0.25) is 0 Å². The minimum absolute atomic E-state index is 0.000448. The molecule has 0 radical (unpaired) electrons. The minimum Gasteiger partial charge on any atom is -0.298 e. The van der Waals surface area contributed by atoms with Gasteiger partial charge in [-0.2, -0.15) is 0 Å². The van der Waals surface area contributed by atoms with Gasteiger partial charge in [-0.1, -0.05) is 33.7 Å². The van der Waals surface area contributed by atoms with E-state index in [1.807, 2.05) is 0 Å². The standard InChI is InChI=1S/C16H13FN4/c1-9-3-5-11(15(20)13(9)18)7-8-12-6-4-10(2)14(19)16(12)21-17/h3-6,18-20H,1-2H3/b18-13?,19-14?,20-15?,21-16-. The normalized spacial score (nSPS) is 20.3.